The van der Waals surface area contributed by atoms with Crippen molar-refractivity contribution in [3.63, 3.8) is 0 Å². The Kier molecular flexibility index (Phi) is 14.4. The number of likely N-dealkylation sites (tertiary alicyclic amines) is 1. The van der Waals surface area contributed by atoms with Gasteiger partial charge in [0.1, 0.15) is 28.9 Å². The molecule has 0 radical (unpaired) electrons. The molecule has 64 heavy (non-hydrogen) atoms. The van der Waals surface area contributed by atoms with E-state index in [-0.39, 0.29) is 69.4 Å². The number of hydrogen-bond donors (Lipinski definition) is 3. The maximum atomic E-state index is 14.7. The number of aromatic nitrogens is 1. The molecule has 0 saturated carbocycles. The number of Topliss-reactive ketones (excluding diaryl/α,β-unsaturated/α-hetero) is 1. The first-order chi connectivity index (χ1) is 30.9. The number of carbonyl (C=O) groups is 4. The Morgan fingerprint density at radius 1 is 0.891 bits per heavy atom. The van der Waals surface area contributed by atoms with Crippen LogP contribution in [0.4, 0.5) is 0 Å². The highest BCUT2D eigenvalue weighted by molar-refractivity contribution is 5.98. The number of pyridine rings is 1. The molecule has 14 nitrogen and oxygen atoms in total. The van der Waals surface area contributed by atoms with Crippen molar-refractivity contribution in [2.75, 3.05) is 34.4 Å². The first-order valence-electron chi connectivity index (χ1n) is 22.0. The first-order valence-corrected chi connectivity index (χ1v) is 22.0. The molecule has 7 rings (SSSR count). The molecule has 1 fully saturated rings. The lowest BCUT2D eigenvalue weighted by Crippen LogP contribution is -2.55. The van der Waals surface area contributed by atoms with Crippen molar-refractivity contribution in [1.82, 2.24) is 14.8 Å². The van der Waals surface area contributed by atoms with Crippen LogP contribution < -0.4 is 25.1 Å². The number of allylic oxidation sites excluding steroid dienone is 1. The summed E-state index contributed by atoms with van der Waals surface area (Å²) in [4.78, 5) is 70.3. The van der Waals surface area contributed by atoms with Crippen LogP contribution in [0.25, 0.3) is 6.08 Å². The molecule has 3 aliphatic rings. The molecule has 5 atom stereocenters. The number of hydrogen-bond acceptors (Lipinski definition) is 11. The Balaban J connectivity index is 1.27. The van der Waals surface area contributed by atoms with E-state index >= 15 is 0 Å². The summed E-state index contributed by atoms with van der Waals surface area (Å²) >= 11 is 0. The molecule has 0 spiro atoms. The van der Waals surface area contributed by atoms with E-state index in [9.17, 15) is 34.2 Å². The van der Waals surface area contributed by atoms with E-state index in [4.69, 9.17) is 18.9 Å². The number of cyclic esters (lactones) is 1. The monoisotopic (exact) mass is 875 g/mol. The number of carbonyl (C=O) groups excluding carboxylic acids is 4. The molecule has 3 aromatic carbocycles. The molecule has 4 aromatic rings. The Hall–Kier alpha value is -6.57. The van der Waals surface area contributed by atoms with Gasteiger partial charge in [-0.15, -0.1) is 0 Å². The third-order valence-electron chi connectivity index (χ3n) is 12.6. The third kappa shape index (κ3) is 10.1. The molecule has 3 N–H and O–H groups in total. The number of nitrogens with one attached hydrogen (secondary N) is 1. The zero-order chi connectivity index (χ0) is 45.5. The smallest absolute Gasteiger partial charge is 0.342 e. The predicted octanol–water partition coefficient (Wildman–Crippen LogP) is 6.66. The number of piperidine rings is 1. The highest BCUT2D eigenvalue weighted by Crippen LogP contribution is 2.48. The summed E-state index contributed by atoms with van der Waals surface area (Å²) in [6.45, 7) is 3.02. The Morgan fingerprint density at radius 2 is 1.62 bits per heavy atom. The fraction of sp³-hybridized carbons (Fsp3) is 0.420. The molecule has 14 heteroatoms. The summed E-state index contributed by atoms with van der Waals surface area (Å²) in [6, 6.07) is 18.2. The Labute approximate surface area is 372 Å². The number of phenols is 2. The largest absolute Gasteiger partial charge is 0.507 e. The summed E-state index contributed by atoms with van der Waals surface area (Å²) in [5.74, 6) is -2.91. The summed E-state index contributed by atoms with van der Waals surface area (Å²) < 4.78 is 24.6. The van der Waals surface area contributed by atoms with Gasteiger partial charge >= 0.3 is 5.97 Å². The molecule has 2 bridgehead atoms. The quantitative estimate of drug-likeness (QED) is 0.137. The number of esters is 1. The summed E-state index contributed by atoms with van der Waals surface area (Å²) in [5, 5.41) is 27.2. The van der Waals surface area contributed by atoms with Crippen LogP contribution in [0, 0.1) is 5.92 Å². The number of phenolic OH excluding ortho intramolecular Hbond substituents is 2. The van der Waals surface area contributed by atoms with Crippen LogP contribution in [0.15, 0.2) is 77.6 Å². The van der Waals surface area contributed by atoms with Gasteiger partial charge in [0, 0.05) is 74.5 Å². The number of ether oxygens (including phenoxy) is 4. The lowest BCUT2D eigenvalue weighted by atomic mass is 9.82. The maximum Gasteiger partial charge on any atom is 0.342 e. The van der Waals surface area contributed by atoms with Crippen molar-refractivity contribution in [3.8, 4) is 28.7 Å². The van der Waals surface area contributed by atoms with Crippen LogP contribution >= 0.6 is 0 Å². The second-order valence-electron chi connectivity index (χ2n) is 17.0. The summed E-state index contributed by atoms with van der Waals surface area (Å²) in [7, 11) is 4.33. The minimum Gasteiger partial charge on any atom is -0.507 e. The summed E-state index contributed by atoms with van der Waals surface area (Å²) in [5.41, 5.74) is 1.89. The zero-order valence-electron chi connectivity index (χ0n) is 36.8. The lowest BCUT2D eigenvalue weighted by Gasteiger charge is -2.43. The predicted molar refractivity (Wildman–Crippen MR) is 239 cm³/mol. The number of fused-ring (bicyclic) bond motifs is 5. The van der Waals surface area contributed by atoms with Crippen molar-refractivity contribution in [1.29, 1.82) is 0 Å². The van der Waals surface area contributed by atoms with Gasteiger partial charge in [0.25, 0.3) is 5.56 Å². The van der Waals surface area contributed by atoms with Gasteiger partial charge in [-0.3, -0.25) is 19.2 Å². The van der Waals surface area contributed by atoms with Gasteiger partial charge < -0.3 is 43.9 Å². The average Bonchev–Trinajstić information content (AvgIpc) is 3.27. The van der Waals surface area contributed by atoms with Crippen LogP contribution in [-0.4, -0.2) is 89.8 Å². The van der Waals surface area contributed by atoms with Gasteiger partial charge in [-0.1, -0.05) is 48.6 Å². The average molecular weight is 876 g/mol. The second-order valence-corrected chi connectivity index (χ2v) is 17.0. The number of nitrogens with zero attached hydrogens (tertiary/aromatic N) is 2. The molecule has 0 aliphatic carbocycles. The molecular formula is C50H57N3O11. The van der Waals surface area contributed by atoms with Gasteiger partial charge in [0.15, 0.2) is 11.5 Å². The highest BCUT2D eigenvalue weighted by atomic mass is 16.5. The van der Waals surface area contributed by atoms with Gasteiger partial charge in [-0.25, -0.2) is 4.79 Å². The molecule has 4 heterocycles. The molecular weight excluding hydrogens is 819 g/mol. The van der Waals surface area contributed by atoms with E-state index in [1.807, 2.05) is 36.4 Å². The third-order valence-corrected chi connectivity index (χ3v) is 12.6. The van der Waals surface area contributed by atoms with Crippen molar-refractivity contribution < 1.29 is 48.3 Å². The van der Waals surface area contributed by atoms with E-state index < -0.39 is 47.9 Å². The molecule has 2 unspecified atom stereocenters. The molecule has 3 aliphatic heterocycles. The van der Waals surface area contributed by atoms with Crippen molar-refractivity contribution in [2.24, 2.45) is 5.92 Å². The van der Waals surface area contributed by atoms with E-state index in [0.29, 0.717) is 63.7 Å². The number of rotatable bonds is 11. The van der Waals surface area contributed by atoms with Crippen molar-refractivity contribution in [2.45, 2.75) is 95.2 Å². The van der Waals surface area contributed by atoms with Crippen LogP contribution in [0.3, 0.4) is 0 Å². The normalized spacial score (nSPS) is 20.3. The Bertz CT molecular complexity index is 2440. The molecule has 1 saturated heterocycles. The molecule has 1 aromatic heterocycles. The number of amides is 2. The van der Waals surface area contributed by atoms with Gasteiger partial charge in [0.2, 0.25) is 17.6 Å². The van der Waals surface area contributed by atoms with Crippen LogP contribution in [0.2, 0.25) is 0 Å². The van der Waals surface area contributed by atoms with Crippen LogP contribution in [0.1, 0.15) is 108 Å². The minimum atomic E-state index is -1.15. The van der Waals surface area contributed by atoms with Gasteiger partial charge in [-0.2, -0.15) is 0 Å². The topological polar surface area (TPSA) is 183 Å². The number of aromatic hydroxyl groups is 2. The van der Waals surface area contributed by atoms with Gasteiger partial charge in [0.05, 0.1) is 27.4 Å². The van der Waals surface area contributed by atoms with E-state index in [0.717, 1.165) is 17.7 Å². The number of benzene rings is 3. The van der Waals surface area contributed by atoms with E-state index in [2.05, 4.69) is 5.32 Å². The fourth-order valence-electron chi connectivity index (χ4n) is 9.49. The second kappa shape index (κ2) is 20.3. The number of methoxy groups -OCH3 is 3. The standard InChI is InChI=1S/C50H57N3O11/c1-30-13-11-18-36(54)17-10-6-9-16-33-23-40(55)46(47(58)45(33)50(60)64-30)37(34-24-41(61-2)48(63-4)42(25-34)62-3)26-43(56)51-38(22-31-14-7-5-8-15-31)49(59)52-27-32-21-35(29-52)39-19-12-20-44(57)53(39)28-32/h5,7-9,12,14-16,19-20,23-25,30,32,35,37-38,55,58H,6,10-11,13,17-18,21-22,26-29H2,1-4H3,(H,51,56)/b16-9+/t30-,32+,35-,37?,38?/m0/s1. The van der Waals surface area contributed by atoms with Gasteiger partial charge in [-0.05, 0) is 85.9 Å². The first kappa shape index (κ1) is 45.5. The van der Waals surface area contributed by atoms with Crippen molar-refractivity contribution in [3.05, 3.63) is 117 Å². The fourth-order valence-corrected chi connectivity index (χ4v) is 9.49. The van der Waals surface area contributed by atoms with Crippen LogP contribution in [-0.2, 0) is 32.1 Å². The summed E-state index contributed by atoms with van der Waals surface area (Å²) in [6.07, 6.45) is 6.26. The lowest BCUT2D eigenvalue weighted by molar-refractivity contribution is -0.138. The van der Waals surface area contributed by atoms with E-state index in [1.54, 1.807) is 52.8 Å². The molecule has 338 valence electrons. The zero-order valence-corrected chi connectivity index (χ0v) is 36.8. The SMILES string of the molecule is COc1cc(C(CC(=O)NC(Cc2ccccc2)C(=O)N2C[C@H]3C[C@@H](C2)c2cccc(=O)n2C3)c2c(O)cc3c(c2O)C(=O)O[C@@H](C)CCCC(=O)CCC/C=C/3)cc(OC)c1OC. The van der Waals surface area contributed by atoms with Crippen LogP contribution in [0.5, 0.6) is 28.7 Å². The van der Waals surface area contributed by atoms with Crippen molar-refractivity contribution >= 4 is 29.6 Å². The van der Waals surface area contributed by atoms with E-state index in [1.165, 1.54) is 27.4 Å². The molecule has 2 amide bonds. The minimum absolute atomic E-state index is 0.0449. The number of ketones is 1. The maximum absolute atomic E-state index is 14.7. The highest BCUT2D eigenvalue weighted by Gasteiger charge is 2.39. The Morgan fingerprint density at radius 3 is 2.34 bits per heavy atom.